The van der Waals surface area contributed by atoms with Crippen LogP contribution >= 0.6 is 0 Å². The number of H-pyrrole nitrogens is 1. The Labute approximate surface area is 89.0 Å². The van der Waals surface area contributed by atoms with Crippen LogP contribution in [-0.2, 0) is 0 Å². The third kappa shape index (κ3) is 1.38. The van der Waals surface area contributed by atoms with E-state index in [9.17, 15) is 9.59 Å². The highest BCUT2D eigenvalue weighted by molar-refractivity contribution is 6.01. The van der Waals surface area contributed by atoms with Crippen LogP contribution in [0.2, 0.25) is 0 Å². The Balaban J connectivity index is 2.94. The Morgan fingerprint density at radius 1 is 1.56 bits per heavy atom. The van der Waals surface area contributed by atoms with Gasteiger partial charge >= 0.3 is 5.97 Å². The van der Waals surface area contributed by atoms with E-state index in [0.717, 1.165) is 0 Å². The molecular formula is C9H8N4O3. The first-order valence-corrected chi connectivity index (χ1v) is 4.39. The van der Waals surface area contributed by atoms with Crippen LogP contribution in [0.1, 0.15) is 16.2 Å². The molecule has 0 saturated carbocycles. The summed E-state index contributed by atoms with van der Waals surface area (Å²) in [7, 11) is 0. The number of anilines is 1. The Morgan fingerprint density at radius 2 is 2.25 bits per heavy atom. The summed E-state index contributed by atoms with van der Waals surface area (Å²) in [6.07, 6.45) is 1.38. The molecule has 4 N–H and O–H groups in total. The molecule has 2 heterocycles. The van der Waals surface area contributed by atoms with Crippen LogP contribution in [0.25, 0.3) is 11.0 Å². The second-order valence-electron chi connectivity index (χ2n) is 3.23. The molecule has 2 aromatic rings. The molecule has 0 aromatic carbocycles. The third-order valence-electron chi connectivity index (χ3n) is 2.14. The first-order valence-electron chi connectivity index (χ1n) is 4.39. The average Bonchev–Trinajstić information content (AvgIpc) is 2.15. The molecule has 7 nitrogen and oxygen atoms in total. The molecule has 0 spiro atoms. The molecule has 7 heteroatoms. The van der Waals surface area contributed by atoms with E-state index in [1.807, 2.05) is 0 Å². The lowest BCUT2D eigenvalue weighted by atomic mass is 10.2. The van der Waals surface area contributed by atoms with Gasteiger partial charge in [0.05, 0.1) is 11.1 Å². The fraction of sp³-hybridized carbons (Fsp3) is 0.111. The van der Waals surface area contributed by atoms with Crippen molar-refractivity contribution in [2.45, 2.75) is 6.92 Å². The van der Waals surface area contributed by atoms with E-state index in [1.165, 1.54) is 6.20 Å². The molecule has 0 radical (unpaired) electrons. The standard InChI is InChI=1S/C9H8N4O3/c1-3-11-2-4-6(10)5(9(15)16)8(14)13-7(4)12-3/h2H,1H3,(H,15,16)(H3,10,11,12,13,14). The number of pyridine rings is 1. The number of hydrogen-bond donors (Lipinski definition) is 3. The van der Waals surface area contributed by atoms with Gasteiger partial charge in [0.1, 0.15) is 17.0 Å². The number of nitrogens with one attached hydrogen (secondary N) is 1. The lowest BCUT2D eigenvalue weighted by Gasteiger charge is -2.04. The maximum atomic E-state index is 11.4. The molecule has 0 unspecified atom stereocenters. The van der Waals surface area contributed by atoms with Gasteiger partial charge in [-0.15, -0.1) is 0 Å². The van der Waals surface area contributed by atoms with E-state index in [1.54, 1.807) is 6.92 Å². The summed E-state index contributed by atoms with van der Waals surface area (Å²) in [5.41, 5.74) is 4.45. The van der Waals surface area contributed by atoms with E-state index >= 15 is 0 Å². The van der Waals surface area contributed by atoms with Gasteiger partial charge in [-0.2, -0.15) is 0 Å². The summed E-state index contributed by atoms with van der Waals surface area (Å²) in [6, 6.07) is 0. The van der Waals surface area contributed by atoms with Crippen LogP contribution in [-0.4, -0.2) is 26.0 Å². The average molecular weight is 220 g/mol. The molecule has 0 atom stereocenters. The fourth-order valence-electron chi connectivity index (χ4n) is 1.40. The van der Waals surface area contributed by atoms with Gasteiger partial charge in [0.15, 0.2) is 0 Å². The van der Waals surface area contributed by atoms with Gasteiger partial charge in [-0.25, -0.2) is 14.8 Å². The Hall–Kier alpha value is -2.44. The fourth-order valence-corrected chi connectivity index (χ4v) is 1.40. The monoisotopic (exact) mass is 220 g/mol. The SMILES string of the molecule is Cc1ncc2c(N)c(C(=O)O)c(=O)[nH]c2n1. The van der Waals surface area contributed by atoms with Crippen LogP contribution < -0.4 is 11.3 Å². The van der Waals surface area contributed by atoms with Gasteiger partial charge in [0, 0.05) is 6.20 Å². The quantitative estimate of drug-likeness (QED) is 0.617. The number of nitrogen functional groups attached to an aromatic ring is 1. The number of carboxylic acids is 1. The largest absolute Gasteiger partial charge is 0.477 e. The zero-order chi connectivity index (χ0) is 11.9. The number of hydrogen-bond acceptors (Lipinski definition) is 5. The van der Waals surface area contributed by atoms with Crippen molar-refractivity contribution in [1.82, 2.24) is 15.0 Å². The van der Waals surface area contributed by atoms with Crippen molar-refractivity contribution in [1.29, 1.82) is 0 Å². The number of aromatic carboxylic acids is 1. The molecule has 0 aliphatic rings. The maximum Gasteiger partial charge on any atom is 0.343 e. The normalized spacial score (nSPS) is 10.6. The van der Waals surface area contributed by atoms with Gasteiger partial charge < -0.3 is 15.8 Å². The highest BCUT2D eigenvalue weighted by atomic mass is 16.4. The summed E-state index contributed by atoms with van der Waals surface area (Å²) >= 11 is 0. The lowest BCUT2D eigenvalue weighted by Crippen LogP contribution is -2.20. The number of fused-ring (bicyclic) bond motifs is 1. The molecule has 0 fully saturated rings. The maximum absolute atomic E-state index is 11.4. The first-order chi connectivity index (χ1) is 7.50. The Bertz CT molecular complexity index is 647. The van der Waals surface area contributed by atoms with Crippen LogP contribution in [0.3, 0.4) is 0 Å². The molecular weight excluding hydrogens is 212 g/mol. The minimum absolute atomic E-state index is 0.119. The topological polar surface area (TPSA) is 122 Å². The summed E-state index contributed by atoms with van der Waals surface area (Å²) in [5, 5.41) is 9.14. The number of aryl methyl sites for hydroxylation is 1. The van der Waals surface area contributed by atoms with E-state index < -0.39 is 17.1 Å². The predicted octanol–water partition coefficient (Wildman–Crippen LogP) is -0.0931. The summed E-state index contributed by atoms with van der Waals surface area (Å²) in [5.74, 6) is -0.910. The molecule has 16 heavy (non-hydrogen) atoms. The predicted molar refractivity (Wildman–Crippen MR) is 56.3 cm³/mol. The molecule has 0 bridgehead atoms. The first kappa shape index (κ1) is 10.1. The number of nitrogens with two attached hydrogens (primary N) is 1. The van der Waals surface area contributed by atoms with Crippen molar-refractivity contribution in [2.75, 3.05) is 5.73 Å². The van der Waals surface area contributed by atoms with E-state index in [-0.39, 0.29) is 11.3 Å². The van der Waals surface area contributed by atoms with Crippen molar-refractivity contribution in [3.63, 3.8) is 0 Å². The zero-order valence-electron chi connectivity index (χ0n) is 8.31. The second kappa shape index (κ2) is 3.30. The second-order valence-corrected chi connectivity index (χ2v) is 3.23. The highest BCUT2D eigenvalue weighted by Crippen LogP contribution is 2.17. The molecule has 0 aliphatic heterocycles. The number of carbonyl (C=O) groups is 1. The molecule has 0 amide bonds. The van der Waals surface area contributed by atoms with E-state index in [4.69, 9.17) is 10.8 Å². The number of aromatic amines is 1. The number of carboxylic acid groups (broad SMARTS) is 1. The molecule has 0 saturated heterocycles. The van der Waals surface area contributed by atoms with Crippen LogP contribution in [0.5, 0.6) is 0 Å². The summed E-state index contributed by atoms with van der Waals surface area (Å²) < 4.78 is 0. The van der Waals surface area contributed by atoms with Crippen molar-refractivity contribution >= 4 is 22.7 Å². The van der Waals surface area contributed by atoms with Gasteiger partial charge in [-0.05, 0) is 6.92 Å². The van der Waals surface area contributed by atoms with Crippen molar-refractivity contribution in [3.05, 3.63) is 27.9 Å². The van der Waals surface area contributed by atoms with Crippen molar-refractivity contribution in [3.8, 4) is 0 Å². The Morgan fingerprint density at radius 3 is 2.88 bits per heavy atom. The molecule has 0 aliphatic carbocycles. The minimum Gasteiger partial charge on any atom is -0.477 e. The third-order valence-corrected chi connectivity index (χ3v) is 2.14. The highest BCUT2D eigenvalue weighted by Gasteiger charge is 2.17. The van der Waals surface area contributed by atoms with Gasteiger partial charge in [0.2, 0.25) is 0 Å². The molecule has 82 valence electrons. The van der Waals surface area contributed by atoms with Gasteiger partial charge in [0.25, 0.3) is 5.56 Å². The number of rotatable bonds is 1. The summed E-state index contributed by atoms with van der Waals surface area (Å²) in [4.78, 5) is 32.4. The zero-order valence-corrected chi connectivity index (χ0v) is 8.31. The van der Waals surface area contributed by atoms with Crippen LogP contribution in [0.4, 0.5) is 5.69 Å². The number of aromatic nitrogens is 3. The van der Waals surface area contributed by atoms with Gasteiger partial charge in [-0.3, -0.25) is 4.79 Å². The van der Waals surface area contributed by atoms with Gasteiger partial charge in [-0.1, -0.05) is 0 Å². The van der Waals surface area contributed by atoms with Crippen LogP contribution in [0, 0.1) is 6.92 Å². The van der Waals surface area contributed by atoms with Crippen molar-refractivity contribution < 1.29 is 9.90 Å². The number of nitrogens with zero attached hydrogens (tertiary/aromatic N) is 2. The Kier molecular flexibility index (Phi) is 2.08. The molecule has 2 rings (SSSR count). The lowest BCUT2D eigenvalue weighted by molar-refractivity contribution is 0.0696. The van der Waals surface area contributed by atoms with Crippen LogP contribution in [0.15, 0.2) is 11.0 Å². The summed E-state index contributed by atoms with van der Waals surface area (Å²) in [6.45, 7) is 1.65. The molecule has 2 aromatic heterocycles. The smallest absolute Gasteiger partial charge is 0.343 e. The van der Waals surface area contributed by atoms with Crippen molar-refractivity contribution in [2.24, 2.45) is 0 Å². The van der Waals surface area contributed by atoms with E-state index in [2.05, 4.69) is 15.0 Å². The minimum atomic E-state index is -1.37. The van der Waals surface area contributed by atoms with E-state index in [0.29, 0.717) is 11.2 Å².